The summed E-state index contributed by atoms with van der Waals surface area (Å²) < 4.78 is 0. The molecule has 1 atom stereocenters. The highest BCUT2D eigenvalue weighted by Gasteiger charge is 2.32. The van der Waals surface area contributed by atoms with Gasteiger partial charge in [-0.05, 0) is 39.5 Å². The van der Waals surface area contributed by atoms with E-state index >= 15 is 0 Å². The molecule has 0 heterocycles. The highest BCUT2D eigenvalue weighted by molar-refractivity contribution is 5.82. The van der Waals surface area contributed by atoms with Gasteiger partial charge in [0.1, 0.15) is 0 Å². The van der Waals surface area contributed by atoms with E-state index in [0.717, 1.165) is 0 Å². The van der Waals surface area contributed by atoms with Gasteiger partial charge in [0.25, 0.3) is 0 Å². The van der Waals surface area contributed by atoms with Gasteiger partial charge < -0.3 is 11.1 Å². The first kappa shape index (κ1) is 10.5. The summed E-state index contributed by atoms with van der Waals surface area (Å²) in [5, 5.41) is 3.01. The van der Waals surface area contributed by atoms with Crippen LogP contribution in [-0.4, -0.2) is 18.5 Å². The van der Waals surface area contributed by atoms with Crippen LogP contribution in [0.1, 0.15) is 33.6 Å². The van der Waals surface area contributed by atoms with E-state index in [1.807, 2.05) is 13.8 Å². The first-order chi connectivity index (χ1) is 5.97. The van der Waals surface area contributed by atoms with Gasteiger partial charge >= 0.3 is 0 Å². The van der Waals surface area contributed by atoms with E-state index in [-0.39, 0.29) is 5.91 Å². The van der Waals surface area contributed by atoms with Gasteiger partial charge in [-0.2, -0.15) is 0 Å². The van der Waals surface area contributed by atoms with Crippen LogP contribution in [0.25, 0.3) is 0 Å². The third-order valence-electron chi connectivity index (χ3n) is 2.81. The minimum Gasteiger partial charge on any atom is -0.353 e. The van der Waals surface area contributed by atoms with Gasteiger partial charge in [-0.15, -0.1) is 0 Å². The molecular formula is C10H20N2O. The Bertz CT molecular complexity index is 197. The van der Waals surface area contributed by atoms with Crippen LogP contribution in [0.2, 0.25) is 0 Å². The molecule has 0 saturated heterocycles. The van der Waals surface area contributed by atoms with Gasteiger partial charge in [0.05, 0.1) is 5.41 Å². The van der Waals surface area contributed by atoms with E-state index in [9.17, 15) is 4.79 Å². The fourth-order valence-corrected chi connectivity index (χ4v) is 1.21. The molecule has 0 spiro atoms. The molecule has 76 valence electrons. The fourth-order valence-electron chi connectivity index (χ4n) is 1.21. The third kappa shape index (κ3) is 2.69. The zero-order valence-corrected chi connectivity index (χ0v) is 8.76. The molecule has 0 bridgehead atoms. The quantitative estimate of drug-likeness (QED) is 0.681. The van der Waals surface area contributed by atoms with Crippen LogP contribution in [-0.2, 0) is 4.79 Å². The van der Waals surface area contributed by atoms with Crippen molar-refractivity contribution in [2.45, 2.75) is 39.7 Å². The normalized spacial score (nSPS) is 19.7. The van der Waals surface area contributed by atoms with Gasteiger partial charge in [0.15, 0.2) is 0 Å². The van der Waals surface area contributed by atoms with Crippen molar-refractivity contribution >= 4 is 5.91 Å². The Balaban J connectivity index is 2.39. The second kappa shape index (κ2) is 3.66. The van der Waals surface area contributed by atoms with E-state index in [2.05, 4.69) is 12.2 Å². The van der Waals surface area contributed by atoms with E-state index < -0.39 is 5.41 Å². The van der Waals surface area contributed by atoms with E-state index in [1.54, 1.807) is 0 Å². The highest BCUT2D eigenvalue weighted by atomic mass is 16.2. The summed E-state index contributed by atoms with van der Waals surface area (Å²) in [5.41, 5.74) is 5.09. The van der Waals surface area contributed by atoms with Crippen LogP contribution in [0, 0.1) is 11.3 Å². The number of carbonyl (C=O) groups excluding carboxylic acids is 1. The SMILES string of the molecule is CC(NC(=O)C(C)(C)CN)C1CC1. The predicted molar refractivity (Wildman–Crippen MR) is 53.2 cm³/mol. The first-order valence-corrected chi connectivity index (χ1v) is 4.98. The van der Waals surface area contributed by atoms with Crippen molar-refractivity contribution in [3.63, 3.8) is 0 Å². The van der Waals surface area contributed by atoms with Crippen molar-refractivity contribution in [1.29, 1.82) is 0 Å². The summed E-state index contributed by atoms with van der Waals surface area (Å²) in [4.78, 5) is 11.6. The molecule has 1 aliphatic rings. The summed E-state index contributed by atoms with van der Waals surface area (Å²) in [6, 6.07) is 0.318. The van der Waals surface area contributed by atoms with E-state index in [1.165, 1.54) is 12.8 Å². The minimum atomic E-state index is -0.427. The van der Waals surface area contributed by atoms with E-state index in [4.69, 9.17) is 5.73 Å². The largest absolute Gasteiger partial charge is 0.353 e. The van der Waals surface area contributed by atoms with Gasteiger partial charge in [0.2, 0.25) is 5.91 Å². The van der Waals surface area contributed by atoms with Crippen LogP contribution in [0.5, 0.6) is 0 Å². The molecule has 0 aromatic heterocycles. The lowest BCUT2D eigenvalue weighted by Crippen LogP contribution is -2.45. The lowest BCUT2D eigenvalue weighted by Gasteiger charge is -2.24. The van der Waals surface area contributed by atoms with Crippen LogP contribution >= 0.6 is 0 Å². The minimum absolute atomic E-state index is 0.0781. The van der Waals surface area contributed by atoms with Gasteiger partial charge in [0, 0.05) is 12.6 Å². The molecule has 13 heavy (non-hydrogen) atoms. The van der Waals surface area contributed by atoms with Gasteiger partial charge in [-0.1, -0.05) is 0 Å². The maximum absolute atomic E-state index is 11.6. The Morgan fingerprint density at radius 3 is 2.54 bits per heavy atom. The average Bonchev–Trinajstić information content (AvgIpc) is 2.86. The average molecular weight is 184 g/mol. The summed E-state index contributed by atoms with van der Waals surface area (Å²) in [7, 11) is 0. The fraction of sp³-hybridized carbons (Fsp3) is 0.900. The molecule has 1 unspecified atom stereocenters. The maximum atomic E-state index is 11.6. The summed E-state index contributed by atoms with van der Waals surface area (Å²) in [5.74, 6) is 0.784. The van der Waals surface area contributed by atoms with Crippen LogP contribution in [0.4, 0.5) is 0 Å². The zero-order valence-electron chi connectivity index (χ0n) is 8.76. The molecular weight excluding hydrogens is 164 g/mol. The Morgan fingerprint density at radius 2 is 2.15 bits per heavy atom. The Morgan fingerprint density at radius 1 is 1.62 bits per heavy atom. The second-order valence-corrected chi connectivity index (χ2v) is 4.69. The third-order valence-corrected chi connectivity index (χ3v) is 2.81. The molecule has 0 radical (unpaired) electrons. The van der Waals surface area contributed by atoms with Crippen molar-refractivity contribution < 1.29 is 4.79 Å². The van der Waals surface area contributed by atoms with Gasteiger partial charge in [-0.3, -0.25) is 4.79 Å². The molecule has 1 aliphatic carbocycles. The Labute approximate surface area is 80.1 Å². The summed E-state index contributed by atoms with van der Waals surface area (Å²) >= 11 is 0. The molecule has 0 aromatic rings. The Kier molecular flexibility index (Phi) is 2.96. The smallest absolute Gasteiger partial charge is 0.227 e. The standard InChI is InChI=1S/C10H20N2O/c1-7(8-4-5-8)12-9(13)10(2,3)6-11/h7-8H,4-6,11H2,1-3H3,(H,12,13). The summed E-state index contributed by atoms with van der Waals surface area (Å²) in [6.45, 7) is 6.22. The molecule has 3 nitrogen and oxygen atoms in total. The lowest BCUT2D eigenvalue weighted by atomic mass is 9.92. The van der Waals surface area contributed by atoms with Gasteiger partial charge in [-0.25, -0.2) is 0 Å². The van der Waals surface area contributed by atoms with Crippen molar-refractivity contribution in [3.8, 4) is 0 Å². The molecule has 0 aromatic carbocycles. The zero-order chi connectivity index (χ0) is 10.1. The lowest BCUT2D eigenvalue weighted by molar-refractivity contribution is -0.129. The number of rotatable bonds is 4. The monoisotopic (exact) mass is 184 g/mol. The van der Waals surface area contributed by atoms with Crippen LogP contribution in [0.3, 0.4) is 0 Å². The number of hydrogen-bond acceptors (Lipinski definition) is 2. The summed E-state index contributed by atoms with van der Waals surface area (Å²) in [6.07, 6.45) is 2.51. The maximum Gasteiger partial charge on any atom is 0.227 e. The molecule has 0 aliphatic heterocycles. The molecule has 3 N–H and O–H groups in total. The number of carbonyl (C=O) groups is 1. The van der Waals surface area contributed by atoms with E-state index in [0.29, 0.717) is 18.5 Å². The van der Waals surface area contributed by atoms with Crippen molar-refractivity contribution in [2.24, 2.45) is 17.1 Å². The molecule has 1 rings (SSSR count). The number of hydrogen-bond donors (Lipinski definition) is 2. The Hall–Kier alpha value is -0.570. The second-order valence-electron chi connectivity index (χ2n) is 4.69. The first-order valence-electron chi connectivity index (χ1n) is 4.98. The van der Waals surface area contributed by atoms with Crippen molar-refractivity contribution in [1.82, 2.24) is 5.32 Å². The number of nitrogens with two attached hydrogens (primary N) is 1. The number of nitrogens with one attached hydrogen (secondary N) is 1. The van der Waals surface area contributed by atoms with Crippen molar-refractivity contribution in [3.05, 3.63) is 0 Å². The molecule has 1 amide bonds. The highest BCUT2D eigenvalue weighted by Crippen LogP contribution is 2.32. The van der Waals surface area contributed by atoms with Crippen molar-refractivity contribution in [2.75, 3.05) is 6.54 Å². The van der Waals surface area contributed by atoms with Crippen LogP contribution in [0.15, 0.2) is 0 Å². The van der Waals surface area contributed by atoms with Crippen LogP contribution < -0.4 is 11.1 Å². The molecule has 3 heteroatoms. The number of amides is 1. The predicted octanol–water partition coefficient (Wildman–Crippen LogP) is 0.886. The molecule has 1 fully saturated rings. The topological polar surface area (TPSA) is 55.1 Å². The molecule has 1 saturated carbocycles.